The van der Waals surface area contributed by atoms with Crippen LogP contribution in [0.3, 0.4) is 0 Å². The second kappa shape index (κ2) is 9.30. The Hall–Kier alpha value is -3.87. The fourth-order valence-electron chi connectivity index (χ4n) is 3.83. The van der Waals surface area contributed by atoms with Gasteiger partial charge in [0.15, 0.2) is 5.69 Å². The van der Waals surface area contributed by atoms with Gasteiger partial charge in [-0.3, -0.25) is 4.79 Å². The number of ether oxygens (including phenoxy) is 1. The third-order valence-electron chi connectivity index (χ3n) is 5.58. The Morgan fingerprint density at radius 1 is 1.08 bits per heavy atom. The predicted molar refractivity (Wildman–Crippen MR) is 129 cm³/mol. The summed E-state index contributed by atoms with van der Waals surface area (Å²) in [4.78, 5) is 16.4. The number of carbonyl (C=O) groups excluding carboxylic acids is 1. The number of halogens is 3. The molecule has 2 heterocycles. The lowest BCUT2D eigenvalue weighted by Gasteiger charge is -2.28. The van der Waals surface area contributed by atoms with Crippen molar-refractivity contribution in [1.82, 2.24) is 9.78 Å². The van der Waals surface area contributed by atoms with E-state index in [0.29, 0.717) is 22.8 Å². The van der Waals surface area contributed by atoms with Crippen molar-refractivity contribution in [1.29, 1.82) is 0 Å². The molecule has 0 saturated heterocycles. The molecule has 4 rings (SSSR count). The van der Waals surface area contributed by atoms with Gasteiger partial charge in [0.2, 0.25) is 0 Å². The van der Waals surface area contributed by atoms with Gasteiger partial charge in [0.25, 0.3) is 15.9 Å². The molecule has 190 valence electrons. The number of rotatable bonds is 6. The van der Waals surface area contributed by atoms with Gasteiger partial charge < -0.3 is 14.5 Å². The number of aromatic nitrogens is 2. The molecule has 0 atom stereocenters. The standard InChI is InChI=1S/C23H22F3N5O4S/c1-29(14-27-36(3,33)34)15-4-6-16(7-5-15)30-13-12-19-20(22(30)32)31(28-21(19)23(24,25)26)17-8-10-18(35-2)11-9-17/h4-11,14H,12-13H2,1-3H3/b27-14+. The van der Waals surface area contributed by atoms with Crippen LogP contribution < -0.4 is 14.5 Å². The monoisotopic (exact) mass is 521 g/mol. The molecule has 36 heavy (non-hydrogen) atoms. The second-order valence-electron chi connectivity index (χ2n) is 8.07. The number of sulfonamides is 1. The molecule has 1 amide bonds. The van der Waals surface area contributed by atoms with Crippen molar-refractivity contribution < 1.29 is 31.1 Å². The number of benzene rings is 2. The maximum absolute atomic E-state index is 13.8. The number of carbonyl (C=O) groups is 1. The fraction of sp³-hybridized carbons (Fsp3) is 0.261. The zero-order valence-corrected chi connectivity index (χ0v) is 20.3. The zero-order valence-electron chi connectivity index (χ0n) is 19.5. The van der Waals surface area contributed by atoms with Crippen LogP contribution in [0.15, 0.2) is 52.9 Å². The molecule has 0 saturated carbocycles. The van der Waals surface area contributed by atoms with Crippen LogP contribution in [0.2, 0.25) is 0 Å². The lowest BCUT2D eigenvalue weighted by molar-refractivity contribution is -0.141. The van der Waals surface area contributed by atoms with E-state index in [0.717, 1.165) is 17.3 Å². The van der Waals surface area contributed by atoms with Crippen molar-refractivity contribution in [2.24, 2.45) is 4.40 Å². The van der Waals surface area contributed by atoms with Gasteiger partial charge in [0.05, 0.1) is 19.1 Å². The number of fused-ring (bicyclic) bond motifs is 1. The van der Waals surface area contributed by atoms with E-state index < -0.39 is 27.8 Å². The maximum atomic E-state index is 13.8. The van der Waals surface area contributed by atoms with Gasteiger partial charge in [-0.25, -0.2) is 13.1 Å². The molecular weight excluding hydrogens is 499 g/mol. The lowest BCUT2D eigenvalue weighted by atomic mass is 10.0. The Morgan fingerprint density at radius 2 is 1.69 bits per heavy atom. The van der Waals surface area contributed by atoms with E-state index in [9.17, 15) is 26.4 Å². The summed E-state index contributed by atoms with van der Waals surface area (Å²) in [6, 6.07) is 12.8. The minimum absolute atomic E-state index is 0.0330. The molecule has 1 aliphatic rings. The van der Waals surface area contributed by atoms with Gasteiger partial charge in [-0.1, -0.05) is 0 Å². The van der Waals surface area contributed by atoms with Crippen LogP contribution in [0.4, 0.5) is 24.5 Å². The molecule has 0 bridgehead atoms. The van der Waals surface area contributed by atoms with Crippen LogP contribution in [0.25, 0.3) is 5.69 Å². The largest absolute Gasteiger partial charge is 0.497 e. The topological polar surface area (TPSA) is 97.1 Å². The van der Waals surface area contributed by atoms with Crippen LogP contribution in [0.5, 0.6) is 5.75 Å². The van der Waals surface area contributed by atoms with Gasteiger partial charge in [-0.15, -0.1) is 0 Å². The summed E-state index contributed by atoms with van der Waals surface area (Å²) in [5, 5.41) is 3.78. The average molecular weight is 522 g/mol. The van der Waals surface area contributed by atoms with Crippen molar-refractivity contribution in [3.05, 3.63) is 65.5 Å². The van der Waals surface area contributed by atoms with E-state index in [-0.39, 0.29) is 24.2 Å². The predicted octanol–water partition coefficient (Wildman–Crippen LogP) is 3.53. The molecule has 0 aliphatic carbocycles. The van der Waals surface area contributed by atoms with Crippen molar-refractivity contribution in [3.8, 4) is 11.4 Å². The summed E-state index contributed by atoms with van der Waals surface area (Å²) in [5.41, 5.74) is -0.0192. The molecular formula is C23H22F3N5O4S. The van der Waals surface area contributed by atoms with Gasteiger partial charge in [0, 0.05) is 30.5 Å². The zero-order chi connectivity index (χ0) is 26.3. The lowest BCUT2D eigenvalue weighted by Crippen LogP contribution is -2.39. The highest BCUT2D eigenvalue weighted by Crippen LogP contribution is 2.37. The molecule has 9 nitrogen and oxygen atoms in total. The highest BCUT2D eigenvalue weighted by molar-refractivity contribution is 7.89. The van der Waals surface area contributed by atoms with E-state index >= 15 is 0 Å². The average Bonchev–Trinajstić information content (AvgIpc) is 3.24. The Kier molecular flexibility index (Phi) is 6.52. The summed E-state index contributed by atoms with van der Waals surface area (Å²) in [6.07, 6.45) is -2.63. The fourth-order valence-corrected chi connectivity index (χ4v) is 4.15. The molecule has 1 aliphatic heterocycles. The van der Waals surface area contributed by atoms with Crippen molar-refractivity contribution in [2.75, 3.05) is 36.8 Å². The molecule has 13 heteroatoms. The molecule has 1 aromatic heterocycles. The SMILES string of the molecule is COc1ccc(-n2nc(C(F)(F)F)c3c2C(=O)N(c2ccc(N(C)/C=N/S(C)(=O)=O)cc2)CC3)cc1. The quantitative estimate of drug-likeness (QED) is 0.364. The highest BCUT2D eigenvalue weighted by Gasteiger charge is 2.43. The summed E-state index contributed by atoms with van der Waals surface area (Å²) < 4.78 is 73.3. The molecule has 0 unspecified atom stereocenters. The van der Waals surface area contributed by atoms with Crippen molar-refractivity contribution in [2.45, 2.75) is 12.6 Å². The number of hydrogen-bond donors (Lipinski definition) is 0. The first-order chi connectivity index (χ1) is 16.9. The van der Waals surface area contributed by atoms with E-state index in [1.54, 1.807) is 43.4 Å². The molecule has 0 spiro atoms. The van der Waals surface area contributed by atoms with E-state index in [1.165, 1.54) is 29.0 Å². The number of hydrogen-bond acceptors (Lipinski definition) is 5. The first-order valence-corrected chi connectivity index (χ1v) is 12.5. The summed E-state index contributed by atoms with van der Waals surface area (Å²) >= 11 is 0. The van der Waals surface area contributed by atoms with Gasteiger partial charge in [-0.05, 0) is 55.0 Å². The molecule has 3 aromatic rings. The van der Waals surface area contributed by atoms with Crippen LogP contribution in [-0.2, 0) is 22.6 Å². The normalized spacial score (nSPS) is 14.3. The van der Waals surface area contributed by atoms with Gasteiger partial charge in [-0.2, -0.15) is 22.7 Å². The van der Waals surface area contributed by atoms with Gasteiger partial charge in [0.1, 0.15) is 17.8 Å². The number of alkyl halides is 3. The smallest absolute Gasteiger partial charge is 0.435 e. The molecule has 2 aromatic carbocycles. The Labute approximate surface area is 205 Å². The molecule has 0 N–H and O–H groups in total. The summed E-state index contributed by atoms with van der Waals surface area (Å²) in [6.45, 7) is 0.0357. The number of amides is 1. The minimum atomic E-state index is -4.72. The number of nitrogens with zero attached hydrogens (tertiary/aromatic N) is 5. The van der Waals surface area contributed by atoms with Crippen molar-refractivity contribution in [3.63, 3.8) is 0 Å². The van der Waals surface area contributed by atoms with E-state index in [4.69, 9.17) is 4.74 Å². The Balaban J connectivity index is 1.70. The minimum Gasteiger partial charge on any atom is -0.497 e. The third-order valence-corrected chi connectivity index (χ3v) is 6.06. The number of methoxy groups -OCH3 is 1. The van der Waals surface area contributed by atoms with Gasteiger partial charge >= 0.3 is 6.18 Å². The highest BCUT2D eigenvalue weighted by atomic mass is 32.2. The molecule has 0 fully saturated rings. The third kappa shape index (κ3) is 5.05. The second-order valence-corrected chi connectivity index (χ2v) is 9.75. The van der Waals surface area contributed by atoms with Crippen LogP contribution in [-0.4, -0.2) is 57.4 Å². The summed E-state index contributed by atoms with van der Waals surface area (Å²) in [5.74, 6) is -0.106. The summed E-state index contributed by atoms with van der Waals surface area (Å²) in [7, 11) is -0.475. The van der Waals surface area contributed by atoms with Crippen molar-refractivity contribution >= 4 is 33.6 Å². The maximum Gasteiger partial charge on any atom is 0.435 e. The molecule has 0 radical (unpaired) electrons. The van der Waals surface area contributed by atoms with Crippen LogP contribution in [0.1, 0.15) is 21.7 Å². The van der Waals surface area contributed by atoms with Crippen LogP contribution >= 0.6 is 0 Å². The first-order valence-electron chi connectivity index (χ1n) is 10.6. The number of anilines is 2. The first kappa shape index (κ1) is 25.2. The van der Waals surface area contributed by atoms with Crippen LogP contribution in [0, 0.1) is 0 Å². The van der Waals surface area contributed by atoms with E-state index in [2.05, 4.69) is 9.50 Å². The Bertz CT molecular complexity index is 1420. The van der Waals surface area contributed by atoms with E-state index in [1.807, 2.05) is 0 Å². The Morgan fingerprint density at radius 3 is 2.25 bits per heavy atom.